The maximum atomic E-state index is 12.5. The highest BCUT2D eigenvalue weighted by molar-refractivity contribution is 5.74. The van der Waals surface area contributed by atoms with Crippen molar-refractivity contribution in [3.05, 3.63) is 35.4 Å². The first kappa shape index (κ1) is 19.2. The monoisotopic (exact) mass is 348 g/mol. The van der Waals surface area contributed by atoms with Gasteiger partial charge in [0.25, 0.3) is 0 Å². The molecule has 2 amide bonds. The SMILES string of the molecule is Cc1ccc(CCN(CC2CCCO2)C(=O)NCCCC(=O)O)cc1. The molecular formula is C19H28N2O4. The number of rotatable bonds is 9. The molecule has 0 bridgehead atoms. The average molecular weight is 348 g/mol. The van der Waals surface area contributed by atoms with Crippen molar-refractivity contribution in [2.75, 3.05) is 26.2 Å². The van der Waals surface area contributed by atoms with E-state index in [1.165, 1.54) is 11.1 Å². The predicted molar refractivity (Wildman–Crippen MR) is 95.7 cm³/mol. The van der Waals surface area contributed by atoms with Crippen molar-refractivity contribution < 1.29 is 19.4 Å². The molecule has 138 valence electrons. The van der Waals surface area contributed by atoms with E-state index in [-0.39, 0.29) is 18.6 Å². The average Bonchev–Trinajstić information content (AvgIpc) is 3.09. The lowest BCUT2D eigenvalue weighted by Gasteiger charge is -2.26. The van der Waals surface area contributed by atoms with Crippen LogP contribution in [0.5, 0.6) is 0 Å². The Labute approximate surface area is 149 Å². The third-order valence-corrected chi connectivity index (χ3v) is 4.37. The first-order valence-corrected chi connectivity index (χ1v) is 8.96. The molecular weight excluding hydrogens is 320 g/mol. The van der Waals surface area contributed by atoms with Gasteiger partial charge in [0.15, 0.2) is 0 Å². The van der Waals surface area contributed by atoms with E-state index in [0.717, 1.165) is 25.9 Å². The van der Waals surface area contributed by atoms with E-state index in [0.29, 0.717) is 26.1 Å². The van der Waals surface area contributed by atoms with Crippen LogP contribution in [-0.4, -0.2) is 54.4 Å². The lowest BCUT2D eigenvalue weighted by Crippen LogP contribution is -2.45. The number of aryl methyl sites for hydroxylation is 1. The van der Waals surface area contributed by atoms with Gasteiger partial charge in [-0.15, -0.1) is 0 Å². The Hall–Kier alpha value is -2.08. The topological polar surface area (TPSA) is 78.9 Å². The van der Waals surface area contributed by atoms with E-state index < -0.39 is 5.97 Å². The first-order valence-electron chi connectivity index (χ1n) is 8.96. The number of carboxylic acids is 1. The molecule has 2 rings (SSSR count). The number of aliphatic carboxylic acids is 1. The molecule has 2 N–H and O–H groups in total. The number of ether oxygens (including phenoxy) is 1. The van der Waals surface area contributed by atoms with Gasteiger partial charge < -0.3 is 20.1 Å². The Bertz CT molecular complexity index is 553. The van der Waals surface area contributed by atoms with Crippen molar-refractivity contribution in [2.45, 2.75) is 45.1 Å². The lowest BCUT2D eigenvalue weighted by atomic mass is 10.1. The number of carbonyl (C=O) groups is 2. The Morgan fingerprint density at radius 2 is 2.08 bits per heavy atom. The number of carboxylic acid groups (broad SMARTS) is 1. The highest BCUT2D eigenvalue weighted by Gasteiger charge is 2.22. The molecule has 1 aliphatic rings. The Morgan fingerprint density at radius 1 is 1.32 bits per heavy atom. The normalized spacial score (nSPS) is 16.6. The molecule has 0 spiro atoms. The Morgan fingerprint density at radius 3 is 2.72 bits per heavy atom. The third-order valence-electron chi connectivity index (χ3n) is 4.37. The van der Waals surface area contributed by atoms with Gasteiger partial charge in [0, 0.05) is 32.7 Å². The molecule has 6 nitrogen and oxygen atoms in total. The molecule has 1 aliphatic heterocycles. The van der Waals surface area contributed by atoms with Crippen molar-refractivity contribution in [2.24, 2.45) is 0 Å². The standard InChI is InChI=1S/C19H28N2O4/c1-15-6-8-16(9-7-15)10-12-21(14-17-4-3-13-25-17)19(24)20-11-2-5-18(22)23/h6-9,17H,2-5,10-14H2,1H3,(H,20,24)(H,22,23). The molecule has 6 heteroatoms. The maximum Gasteiger partial charge on any atom is 0.317 e. The zero-order chi connectivity index (χ0) is 18.1. The summed E-state index contributed by atoms with van der Waals surface area (Å²) in [7, 11) is 0. The van der Waals surface area contributed by atoms with E-state index in [1.54, 1.807) is 4.90 Å². The van der Waals surface area contributed by atoms with Crippen LogP contribution in [0.1, 0.15) is 36.8 Å². The molecule has 25 heavy (non-hydrogen) atoms. The van der Waals surface area contributed by atoms with E-state index in [1.807, 2.05) is 0 Å². The van der Waals surface area contributed by atoms with Crippen LogP contribution in [0.15, 0.2) is 24.3 Å². The molecule has 1 atom stereocenters. The number of nitrogens with zero attached hydrogens (tertiary/aromatic N) is 1. The molecule has 1 saturated heterocycles. The van der Waals surface area contributed by atoms with Gasteiger partial charge in [0.05, 0.1) is 6.10 Å². The second kappa shape index (κ2) is 10.0. The fraction of sp³-hybridized carbons (Fsp3) is 0.579. The summed E-state index contributed by atoms with van der Waals surface area (Å²) in [6.45, 7) is 4.39. The van der Waals surface area contributed by atoms with Gasteiger partial charge in [-0.25, -0.2) is 4.79 Å². The van der Waals surface area contributed by atoms with Crippen LogP contribution in [0.25, 0.3) is 0 Å². The number of nitrogens with one attached hydrogen (secondary N) is 1. The van der Waals surface area contributed by atoms with Crippen LogP contribution in [0.3, 0.4) is 0 Å². The fourth-order valence-corrected chi connectivity index (χ4v) is 2.88. The molecule has 0 aliphatic carbocycles. The van der Waals surface area contributed by atoms with Crippen LogP contribution >= 0.6 is 0 Å². The minimum Gasteiger partial charge on any atom is -0.481 e. The van der Waals surface area contributed by atoms with Crippen molar-refractivity contribution in [3.8, 4) is 0 Å². The number of hydrogen-bond acceptors (Lipinski definition) is 3. The summed E-state index contributed by atoms with van der Waals surface area (Å²) in [6, 6.07) is 8.18. The highest BCUT2D eigenvalue weighted by Crippen LogP contribution is 2.14. The smallest absolute Gasteiger partial charge is 0.317 e. The summed E-state index contributed by atoms with van der Waals surface area (Å²) in [6.07, 6.45) is 3.41. The minimum atomic E-state index is -0.843. The van der Waals surface area contributed by atoms with E-state index >= 15 is 0 Å². The third kappa shape index (κ3) is 7.13. The van der Waals surface area contributed by atoms with Crippen LogP contribution in [0.4, 0.5) is 4.79 Å². The second-order valence-corrected chi connectivity index (χ2v) is 6.55. The van der Waals surface area contributed by atoms with E-state index in [2.05, 4.69) is 36.5 Å². The summed E-state index contributed by atoms with van der Waals surface area (Å²) in [4.78, 5) is 24.8. The first-order chi connectivity index (χ1) is 12.0. The lowest BCUT2D eigenvalue weighted by molar-refractivity contribution is -0.137. The largest absolute Gasteiger partial charge is 0.481 e. The van der Waals surface area contributed by atoms with Crippen molar-refractivity contribution in [1.29, 1.82) is 0 Å². The number of hydrogen-bond donors (Lipinski definition) is 2. The summed E-state index contributed by atoms with van der Waals surface area (Å²) in [5.74, 6) is -0.843. The van der Waals surface area contributed by atoms with Crippen LogP contribution in [0.2, 0.25) is 0 Å². The maximum absolute atomic E-state index is 12.5. The molecule has 1 fully saturated rings. The van der Waals surface area contributed by atoms with Gasteiger partial charge in [0.1, 0.15) is 0 Å². The second-order valence-electron chi connectivity index (χ2n) is 6.55. The number of amides is 2. The van der Waals surface area contributed by atoms with E-state index in [4.69, 9.17) is 9.84 Å². The van der Waals surface area contributed by atoms with Crippen LogP contribution < -0.4 is 5.32 Å². The quantitative estimate of drug-likeness (QED) is 0.672. The Balaban J connectivity index is 1.85. The number of urea groups is 1. The minimum absolute atomic E-state index is 0.0649. The predicted octanol–water partition coefficient (Wildman–Crippen LogP) is 2.59. The molecule has 1 aromatic rings. The van der Waals surface area contributed by atoms with Gasteiger partial charge in [-0.1, -0.05) is 29.8 Å². The van der Waals surface area contributed by atoms with Crippen molar-refractivity contribution in [1.82, 2.24) is 10.2 Å². The number of carbonyl (C=O) groups excluding carboxylic acids is 1. The Kier molecular flexibility index (Phi) is 7.73. The van der Waals surface area contributed by atoms with E-state index in [9.17, 15) is 9.59 Å². The fourth-order valence-electron chi connectivity index (χ4n) is 2.88. The van der Waals surface area contributed by atoms with Gasteiger partial charge >= 0.3 is 12.0 Å². The molecule has 1 aromatic carbocycles. The van der Waals surface area contributed by atoms with Gasteiger partial charge in [-0.05, 0) is 38.2 Å². The number of benzene rings is 1. The van der Waals surface area contributed by atoms with Gasteiger partial charge in [-0.2, -0.15) is 0 Å². The van der Waals surface area contributed by atoms with Gasteiger partial charge in [0.2, 0.25) is 0 Å². The van der Waals surface area contributed by atoms with Crippen LogP contribution in [-0.2, 0) is 16.0 Å². The molecule has 1 unspecified atom stereocenters. The summed E-state index contributed by atoms with van der Waals surface area (Å²) in [5.41, 5.74) is 2.41. The molecule has 1 heterocycles. The zero-order valence-electron chi connectivity index (χ0n) is 14.9. The molecule has 0 radical (unpaired) electrons. The molecule has 0 saturated carbocycles. The summed E-state index contributed by atoms with van der Waals surface area (Å²) < 4.78 is 5.66. The van der Waals surface area contributed by atoms with Crippen LogP contribution in [0, 0.1) is 6.92 Å². The van der Waals surface area contributed by atoms with Crippen molar-refractivity contribution >= 4 is 12.0 Å². The highest BCUT2D eigenvalue weighted by atomic mass is 16.5. The summed E-state index contributed by atoms with van der Waals surface area (Å²) >= 11 is 0. The molecule has 0 aromatic heterocycles. The van der Waals surface area contributed by atoms with Gasteiger partial charge in [-0.3, -0.25) is 4.79 Å². The zero-order valence-corrected chi connectivity index (χ0v) is 14.9. The van der Waals surface area contributed by atoms with Crippen molar-refractivity contribution in [3.63, 3.8) is 0 Å². The summed E-state index contributed by atoms with van der Waals surface area (Å²) in [5, 5.41) is 11.5.